The summed E-state index contributed by atoms with van der Waals surface area (Å²) in [6.45, 7) is 3.19. The van der Waals surface area contributed by atoms with E-state index in [9.17, 15) is 4.39 Å². The molecule has 0 aliphatic carbocycles. The van der Waals surface area contributed by atoms with Gasteiger partial charge in [-0.3, -0.25) is 0 Å². The fourth-order valence-electron chi connectivity index (χ4n) is 0.721. The molecule has 13 heavy (non-hydrogen) atoms. The Hall–Kier alpha value is -0.120. The minimum atomic E-state index is -1.78. The van der Waals surface area contributed by atoms with Crippen molar-refractivity contribution in [2.45, 2.75) is 17.6 Å². The van der Waals surface area contributed by atoms with Gasteiger partial charge in [-0.1, -0.05) is 34.8 Å². The summed E-state index contributed by atoms with van der Waals surface area (Å²) in [5.74, 6) is -0.799. The minimum Gasteiger partial charge on any atom is -0.233 e. The molecule has 0 radical (unpaired) electrons. The van der Waals surface area contributed by atoms with Crippen LogP contribution in [-0.4, -0.2) is 9.97 Å². The molecule has 1 rings (SSSR count). The maximum absolute atomic E-state index is 13.0. The molecule has 0 fully saturated rings. The van der Waals surface area contributed by atoms with E-state index in [-0.39, 0.29) is 5.82 Å². The first-order valence-electron chi connectivity index (χ1n) is 3.40. The van der Waals surface area contributed by atoms with E-state index in [2.05, 4.69) is 9.97 Å². The van der Waals surface area contributed by atoms with Gasteiger partial charge in [0.05, 0.1) is 0 Å². The Morgan fingerprint density at radius 3 is 2.08 bits per heavy atom. The lowest BCUT2D eigenvalue weighted by Crippen LogP contribution is -2.11. The Kier molecular flexibility index (Phi) is 3.00. The van der Waals surface area contributed by atoms with Crippen molar-refractivity contribution in [1.82, 2.24) is 9.97 Å². The van der Waals surface area contributed by atoms with E-state index in [1.165, 1.54) is 0 Å². The van der Waals surface area contributed by atoms with Crippen molar-refractivity contribution in [3.05, 3.63) is 23.0 Å². The van der Waals surface area contributed by atoms with E-state index >= 15 is 0 Å². The van der Waals surface area contributed by atoms with Crippen molar-refractivity contribution in [2.75, 3.05) is 0 Å². The summed E-state index contributed by atoms with van der Waals surface area (Å²) in [4.78, 5) is 7.29. The molecular formula is C7H6Cl3FN2. The molecule has 0 aliphatic heterocycles. The number of rotatable bonds is 0. The van der Waals surface area contributed by atoms with E-state index in [1.54, 1.807) is 13.8 Å². The minimum absolute atomic E-state index is 0.141. The molecular weight excluding hydrogens is 237 g/mol. The van der Waals surface area contributed by atoms with Crippen LogP contribution in [0.1, 0.15) is 17.1 Å². The molecule has 0 spiro atoms. The smallest absolute Gasteiger partial charge is 0.233 e. The Morgan fingerprint density at radius 1 is 1.15 bits per heavy atom. The Labute approximate surface area is 90.0 Å². The van der Waals surface area contributed by atoms with Gasteiger partial charge < -0.3 is 0 Å². The molecule has 6 heteroatoms. The van der Waals surface area contributed by atoms with Crippen molar-refractivity contribution >= 4 is 34.8 Å². The number of nitrogens with zero attached hydrogens (tertiary/aromatic N) is 2. The lowest BCUT2D eigenvalue weighted by Gasteiger charge is -2.10. The quantitative estimate of drug-likeness (QED) is 0.517. The molecule has 0 atom stereocenters. The Bertz CT molecular complexity index is 312. The van der Waals surface area contributed by atoms with Gasteiger partial charge in [-0.25, -0.2) is 4.98 Å². The van der Waals surface area contributed by atoms with Crippen LogP contribution in [0.3, 0.4) is 0 Å². The average Bonchev–Trinajstić information content (AvgIpc) is 1.97. The Balaban J connectivity index is 3.29. The summed E-state index contributed by atoms with van der Waals surface area (Å²) >= 11 is 16.5. The monoisotopic (exact) mass is 242 g/mol. The van der Waals surface area contributed by atoms with Crippen LogP contribution >= 0.6 is 34.8 Å². The first kappa shape index (κ1) is 11.0. The van der Waals surface area contributed by atoms with E-state index in [0.717, 1.165) is 0 Å². The van der Waals surface area contributed by atoms with Crippen molar-refractivity contribution in [2.24, 2.45) is 0 Å². The van der Waals surface area contributed by atoms with Crippen LogP contribution in [0.15, 0.2) is 0 Å². The number of halogens is 4. The van der Waals surface area contributed by atoms with Crippen LogP contribution in [0.25, 0.3) is 0 Å². The first-order valence-corrected chi connectivity index (χ1v) is 4.53. The van der Waals surface area contributed by atoms with Crippen molar-refractivity contribution < 1.29 is 4.39 Å². The SMILES string of the molecule is Cc1nc(C(Cl)(Cl)Cl)nc(F)c1C. The highest BCUT2D eigenvalue weighted by atomic mass is 35.6. The van der Waals surface area contributed by atoms with Gasteiger partial charge in [0.15, 0.2) is 5.82 Å². The zero-order valence-electron chi connectivity index (χ0n) is 6.91. The molecule has 1 aromatic heterocycles. The molecule has 0 saturated carbocycles. The molecule has 0 N–H and O–H groups in total. The molecule has 0 aromatic carbocycles. The topological polar surface area (TPSA) is 25.8 Å². The second-order valence-corrected chi connectivity index (χ2v) is 4.83. The zero-order valence-corrected chi connectivity index (χ0v) is 9.17. The fourth-order valence-corrected chi connectivity index (χ4v) is 0.974. The van der Waals surface area contributed by atoms with Gasteiger partial charge in [-0.15, -0.1) is 0 Å². The van der Waals surface area contributed by atoms with Gasteiger partial charge in [-0.05, 0) is 13.8 Å². The second kappa shape index (κ2) is 3.56. The molecule has 2 nitrogen and oxygen atoms in total. The highest BCUT2D eigenvalue weighted by molar-refractivity contribution is 6.66. The molecule has 0 saturated heterocycles. The lowest BCUT2D eigenvalue weighted by molar-refractivity contribution is 0.558. The largest absolute Gasteiger partial charge is 0.250 e. The predicted octanol–water partition coefficient (Wildman–Crippen LogP) is 3.06. The molecule has 1 heterocycles. The predicted molar refractivity (Wildman–Crippen MR) is 50.7 cm³/mol. The zero-order chi connectivity index (χ0) is 10.2. The second-order valence-electron chi connectivity index (χ2n) is 2.55. The summed E-state index contributed by atoms with van der Waals surface area (Å²) < 4.78 is 11.3. The highest BCUT2D eigenvalue weighted by Crippen LogP contribution is 2.36. The van der Waals surface area contributed by atoms with Crippen molar-refractivity contribution in [3.8, 4) is 0 Å². The third-order valence-electron chi connectivity index (χ3n) is 1.58. The van der Waals surface area contributed by atoms with E-state index in [0.29, 0.717) is 11.3 Å². The van der Waals surface area contributed by atoms with Gasteiger partial charge in [0.1, 0.15) is 0 Å². The van der Waals surface area contributed by atoms with Gasteiger partial charge in [0.25, 0.3) is 0 Å². The van der Waals surface area contributed by atoms with Crippen LogP contribution in [0.2, 0.25) is 0 Å². The van der Waals surface area contributed by atoms with Gasteiger partial charge in [0.2, 0.25) is 9.74 Å². The van der Waals surface area contributed by atoms with Gasteiger partial charge in [-0.2, -0.15) is 9.37 Å². The molecule has 0 unspecified atom stereocenters. The summed E-state index contributed by atoms with van der Waals surface area (Å²) in [5, 5.41) is 0. The summed E-state index contributed by atoms with van der Waals surface area (Å²) in [6, 6.07) is 0. The van der Waals surface area contributed by atoms with E-state index in [4.69, 9.17) is 34.8 Å². The summed E-state index contributed by atoms with van der Waals surface area (Å²) in [5.41, 5.74) is 0.826. The normalized spacial score (nSPS) is 11.8. The van der Waals surface area contributed by atoms with Crippen LogP contribution < -0.4 is 0 Å². The average molecular weight is 243 g/mol. The van der Waals surface area contributed by atoms with Gasteiger partial charge >= 0.3 is 0 Å². The van der Waals surface area contributed by atoms with Crippen molar-refractivity contribution in [3.63, 3.8) is 0 Å². The number of hydrogen-bond donors (Lipinski definition) is 0. The summed E-state index contributed by atoms with van der Waals surface area (Å²) in [7, 11) is 0. The first-order chi connectivity index (χ1) is 5.82. The molecule has 72 valence electrons. The lowest BCUT2D eigenvalue weighted by atomic mass is 10.3. The third-order valence-corrected chi connectivity index (χ3v) is 2.09. The van der Waals surface area contributed by atoms with Crippen LogP contribution in [0, 0.1) is 19.8 Å². The van der Waals surface area contributed by atoms with E-state index < -0.39 is 9.74 Å². The fraction of sp³-hybridized carbons (Fsp3) is 0.429. The Morgan fingerprint density at radius 2 is 1.69 bits per heavy atom. The van der Waals surface area contributed by atoms with Crippen LogP contribution in [0.5, 0.6) is 0 Å². The third kappa shape index (κ3) is 2.42. The molecule has 1 aromatic rings. The maximum Gasteiger partial charge on any atom is 0.250 e. The number of alkyl halides is 3. The molecule has 0 aliphatic rings. The molecule has 0 bridgehead atoms. The van der Waals surface area contributed by atoms with Crippen LogP contribution in [0.4, 0.5) is 4.39 Å². The highest BCUT2D eigenvalue weighted by Gasteiger charge is 2.28. The van der Waals surface area contributed by atoms with Crippen LogP contribution in [-0.2, 0) is 3.79 Å². The molecule has 0 amide bonds. The van der Waals surface area contributed by atoms with Gasteiger partial charge in [0, 0.05) is 11.3 Å². The summed E-state index contributed by atoms with van der Waals surface area (Å²) in [6.07, 6.45) is 0. The standard InChI is InChI=1S/C7H6Cl3FN2/c1-3-4(2)12-6(7(8,9)10)13-5(3)11/h1-2H3. The maximum atomic E-state index is 13.0. The van der Waals surface area contributed by atoms with Crippen molar-refractivity contribution in [1.29, 1.82) is 0 Å². The number of aryl methyl sites for hydroxylation is 1. The number of aromatic nitrogens is 2. The van der Waals surface area contributed by atoms with E-state index in [1.807, 2.05) is 0 Å². The number of hydrogen-bond acceptors (Lipinski definition) is 2.